The summed E-state index contributed by atoms with van der Waals surface area (Å²) >= 11 is 0. The highest BCUT2D eigenvalue weighted by atomic mass is 16.4. The lowest BCUT2D eigenvalue weighted by atomic mass is 9.85. The minimum atomic E-state index is 0.569. The van der Waals surface area contributed by atoms with Gasteiger partial charge in [-0.2, -0.15) is 0 Å². The fourth-order valence-corrected chi connectivity index (χ4v) is 1.84. The van der Waals surface area contributed by atoms with Crippen LogP contribution >= 0.6 is 0 Å². The van der Waals surface area contributed by atoms with Gasteiger partial charge < -0.3 is 15.1 Å². The molecule has 0 aliphatic heterocycles. The molecule has 0 saturated heterocycles. The highest BCUT2D eigenvalue weighted by Crippen LogP contribution is 2.26. The third-order valence-electron chi connectivity index (χ3n) is 3.35. The molecule has 0 bridgehead atoms. The Morgan fingerprint density at radius 3 is 2.75 bits per heavy atom. The van der Waals surface area contributed by atoms with Gasteiger partial charge in [-0.3, -0.25) is 0 Å². The maximum absolute atomic E-state index is 5.48. The van der Waals surface area contributed by atoms with Crippen LogP contribution < -0.4 is 10.6 Å². The summed E-state index contributed by atoms with van der Waals surface area (Å²) in [7, 11) is 0. The molecule has 2 aliphatic rings. The molecular weight excluding hydrogens is 204 g/mol. The van der Waals surface area contributed by atoms with Crippen LogP contribution in [0.25, 0.3) is 0 Å². The van der Waals surface area contributed by atoms with Crippen molar-refractivity contribution in [1.29, 1.82) is 0 Å². The second-order valence-electron chi connectivity index (χ2n) is 4.83. The topological polar surface area (TPSA) is 63.0 Å². The molecule has 0 amide bonds. The van der Waals surface area contributed by atoms with E-state index < -0.39 is 0 Å². The van der Waals surface area contributed by atoms with Crippen LogP contribution in [0.15, 0.2) is 4.42 Å². The zero-order valence-electron chi connectivity index (χ0n) is 9.41. The molecule has 0 radical (unpaired) electrons. The van der Waals surface area contributed by atoms with E-state index in [-0.39, 0.29) is 0 Å². The lowest BCUT2D eigenvalue weighted by Gasteiger charge is -2.24. The molecule has 5 heteroatoms. The van der Waals surface area contributed by atoms with Crippen LogP contribution in [-0.2, 0) is 6.54 Å². The summed E-state index contributed by atoms with van der Waals surface area (Å²) in [4.78, 5) is 0. The zero-order valence-corrected chi connectivity index (χ0v) is 9.41. The van der Waals surface area contributed by atoms with Crippen LogP contribution in [0.3, 0.4) is 0 Å². The van der Waals surface area contributed by atoms with Gasteiger partial charge in [-0.1, -0.05) is 11.5 Å². The minimum Gasteiger partial charge on any atom is -0.407 e. The van der Waals surface area contributed by atoms with Crippen LogP contribution in [0.5, 0.6) is 0 Å². The first-order chi connectivity index (χ1) is 7.90. The van der Waals surface area contributed by atoms with Gasteiger partial charge in [0.05, 0.1) is 6.54 Å². The monoisotopic (exact) mass is 222 g/mol. The highest BCUT2D eigenvalue weighted by molar-refractivity contribution is 5.17. The van der Waals surface area contributed by atoms with Gasteiger partial charge in [-0.05, 0) is 31.6 Å². The Labute approximate surface area is 95.0 Å². The summed E-state index contributed by atoms with van der Waals surface area (Å²) in [6.45, 7) is 1.67. The summed E-state index contributed by atoms with van der Waals surface area (Å²) in [5.74, 6) is 1.49. The minimum absolute atomic E-state index is 0.569. The molecule has 0 unspecified atom stereocenters. The van der Waals surface area contributed by atoms with Crippen molar-refractivity contribution in [2.24, 2.45) is 5.92 Å². The van der Waals surface area contributed by atoms with E-state index in [1.54, 1.807) is 0 Å². The van der Waals surface area contributed by atoms with Gasteiger partial charge in [-0.25, -0.2) is 0 Å². The van der Waals surface area contributed by atoms with Crippen LogP contribution in [0, 0.1) is 5.92 Å². The molecule has 2 N–H and O–H groups in total. The van der Waals surface area contributed by atoms with Gasteiger partial charge in [0.2, 0.25) is 5.89 Å². The van der Waals surface area contributed by atoms with Crippen LogP contribution in [0.4, 0.5) is 6.01 Å². The largest absolute Gasteiger partial charge is 0.407 e. The molecule has 0 aromatic carbocycles. The van der Waals surface area contributed by atoms with Crippen molar-refractivity contribution in [1.82, 2.24) is 15.5 Å². The summed E-state index contributed by atoms with van der Waals surface area (Å²) in [6.07, 6.45) is 6.59. The van der Waals surface area contributed by atoms with Gasteiger partial charge >= 0.3 is 6.01 Å². The third-order valence-corrected chi connectivity index (χ3v) is 3.35. The number of nitrogens with one attached hydrogen (secondary N) is 2. The van der Waals surface area contributed by atoms with Crippen LogP contribution in [0.2, 0.25) is 0 Å². The van der Waals surface area contributed by atoms with E-state index in [1.807, 2.05) is 0 Å². The first-order valence-corrected chi connectivity index (χ1v) is 6.20. The molecular formula is C11H18N4O. The van der Waals surface area contributed by atoms with E-state index in [2.05, 4.69) is 20.8 Å². The summed E-state index contributed by atoms with van der Waals surface area (Å²) in [5, 5.41) is 14.5. The number of hydrogen-bond acceptors (Lipinski definition) is 5. The lowest BCUT2D eigenvalue weighted by molar-refractivity contribution is 0.330. The molecule has 0 spiro atoms. The van der Waals surface area contributed by atoms with E-state index in [9.17, 15) is 0 Å². The summed E-state index contributed by atoms with van der Waals surface area (Å²) < 4.78 is 5.48. The molecule has 2 fully saturated rings. The van der Waals surface area contributed by atoms with Gasteiger partial charge in [0, 0.05) is 12.6 Å². The SMILES string of the molecule is C1CC(CNc2nnc(CNC3CC3)o2)C1. The Balaban J connectivity index is 1.43. The number of hydrogen-bond donors (Lipinski definition) is 2. The Kier molecular flexibility index (Phi) is 2.78. The van der Waals surface area contributed by atoms with Crippen molar-refractivity contribution >= 4 is 6.01 Å². The first kappa shape index (κ1) is 10.1. The maximum atomic E-state index is 5.48. The van der Waals surface area contributed by atoms with Gasteiger partial charge in [0.1, 0.15) is 0 Å². The van der Waals surface area contributed by atoms with Crippen molar-refractivity contribution in [3.63, 3.8) is 0 Å². The van der Waals surface area contributed by atoms with Crippen molar-refractivity contribution in [3.8, 4) is 0 Å². The quantitative estimate of drug-likeness (QED) is 0.764. The van der Waals surface area contributed by atoms with E-state index in [0.717, 1.165) is 12.5 Å². The number of anilines is 1. The smallest absolute Gasteiger partial charge is 0.315 e. The van der Waals surface area contributed by atoms with Crippen molar-refractivity contribution in [2.75, 3.05) is 11.9 Å². The molecule has 1 aromatic rings. The van der Waals surface area contributed by atoms with Gasteiger partial charge in [-0.15, -0.1) is 5.10 Å². The lowest BCUT2D eigenvalue weighted by Crippen LogP contribution is -2.20. The first-order valence-electron chi connectivity index (χ1n) is 6.20. The molecule has 0 atom stereocenters. The molecule has 1 heterocycles. The van der Waals surface area contributed by atoms with E-state index >= 15 is 0 Å². The van der Waals surface area contributed by atoms with Gasteiger partial charge in [0.25, 0.3) is 0 Å². The number of nitrogens with zero attached hydrogens (tertiary/aromatic N) is 2. The third kappa shape index (κ3) is 2.52. The van der Waals surface area contributed by atoms with Crippen LogP contribution in [0.1, 0.15) is 38.0 Å². The Bertz CT molecular complexity index is 344. The fourth-order valence-electron chi connectivity index (χ4n) is 1.84. The molecule has 16 heavy (non-hydrogen) atoms. The van der Waals surface area contributed by atoms with E-state index in [0.29, 0.717) is 24.5 Å². The standard InChI is InChI=1S/C11H18N4O/c1-2-8(3-1)6-13-11-15-14-10(16-11)7-12-9-4-5-9/h8-9,12H,1-7H2,(H,13,15). The highest BCUT2D eigenvalue weighted by Gasteiger charge is 2.21. The van der Waals surface area contributed by atoms with Gasteiger partial charge in [0.15, 0.2) is 0 Å². The normalized spacial score (nSPS) is 20.8. The summed E-state index contributed by atoms with van der Waals surface area (Å²) in [5.41, 5.74) is 0. The molecule has 5 nitrogen and oxygen atoms in total. The Morgan fingerprint density at radius 1 is 1.19 bits per heavy atom. The second kappa shape index (κ2) is 4.41. The number of rotatable bonds is 6. The van der Waals surface area contributed by atoms with Crippen LogP contribution in [-0.4, -0.2) is 22.8 Å². The average Bonchev–Trinajstić information content (AvgIpc) is 2.94. The zero-order chi connectivity index (χ0) is 10.8. The molecule has 3 rings (SSSR count). The van der Waals surface area contributed by atoms with Crippen molar-refractivity contribution < 1.29 is 4.42 Å². The molecule has 2 saturated carbocycles. The second-order valence-corrected chi connectivity index (χ2v) is 4.83. The Hall–Kier alpha value is -1.10. The Morgan fingerprint density at radius 2 is 2.06 bits per heavy atom. The van der Waals surface area contributed by atoms with Crippen molar-refractivity contribution in [3.05, 3.63) is 5.89 Å². The predicted molar refractivity (Wildman–Crippen MR) is 60.0 cm³/mol. The van der Waals surface area contributed by atoms with E-state index in [1.165, 1.54) is 32.1 Å². The van der Waals surface area contributed by atoms with E-state index in [4.69, 9.17) is 4.42 Å². The fraction of sp³-hybridized carbons (Fsp3) is 0.818. The maximum Gasteiger partial charge on any atom is 0.315 e. The predicted octanol–water partition coefficient (Wildman–Crippen LogP) is 1.53. The molecule has 2 aliphatic carbocycles. The summed E-state index contributed by atoms with van der Waals surface area (Å²) in [6, 6.07) is 1.25. The van der Waals surface area contributed by atoms with Crippen molar-refractivity contribution in [2.45, 2.75) is 44.7 Å². The number of aromatic nitrogens is 2. The average molecular weight is 222 g/mol. The molecule has 1 aromatic heterocycles. The molecule has 88 valence electrons.